The van der Waals surface area contributed by atoms with Gasteiger partial charge >= 0.3 is 0 Å². The largest absolute Gasteiger partial charge is 0.357 e. The van der Waals surface area contributed by atoms with Gasteiger partial charge in [0.15, 0.2) is 4.34 Å². The second-order valence-corrected chi connectivity index (χ2v) is 10.5. The minimum absolute atomic E-state index is 0.183. The van der Waals surface area contributed by atoms with Crippen molar-refractivity contribution >= 4 is 55.7 Å². The number of benzene rings is 1. The number of likely N-dealkylation sites (tertiary alicyclic amines) is 1. The van der Waals surface area contributed by atoms with Gasteiger partial charge in [0.1, 0.15) is 0 Å². The lowest BCUT2D eigenvalue weighted by molar-refractivity contribution is -0.129. The summed E-state index contributed by atoms with van der Waals surface area (Å²) in [6.45, 7) is 1.61. The minimum atomic E-state index is 0.183. The molecule has 146 valence electrons. The van der Waals surface area contributed by atoms with Crippen molar-refractivity contribution in [2.75, 3.05) is 24.2 Å². The van der Waals surface area contributed by atoms with Crippen molar-refractivity contribution < 1.29 is 4.79 Å². The van der Waals surface area contributed by atoms with Gasteiger partial charge < -0.3 is 10.2 Å². The van der Waals surface area contributed by atoms with Crippen molar-refractivity contribution in [1.29, 1.82) is 0 Å². The predicted molar refractivity (Wildman–Crippen MR) is 115 cm³/mol. The van der Waals surface area contributed by atoms with Crippen LogP contribution in [-0.2, 0) is 4.79 Å². The van der Waals surface area contributed by atoms with Crippen molar-refractivity contribution in [3.05, 3.63) is 29.3 Å². The van der Waals surface area contributed by atoms with E-state index < -0.39 is 0 Å². The number of anilines is 1. The van der Waals surface area contributed by atoms with Crippen LogP contribution in [0, 0.1) is 0 Å². The lowest BCUT2D eigenvalue weighted by Gasteiger charge is -2.31. The van der Waals surface area contributed by atoms with Gasteiger partial charge in [0.2, 0.25) is 11.0 Å². The van der Waals surface area contributed by atoms with Gasteiger partial charge in [-0.25, -0.2) is 4.98 Å². The third-order valence-corrected chi connectivity index (χ3v) is 8.24. The van der Waals surface area contributed by atoms with E-state index in [-0.39, 0.29) is 5.91 Å². The second-order valence-electron chi connectivity index (χ2n) is 7.28. The molecule has 0 spiro atoms. The van der Waals surface area contributed by atoms with Crippen LogP contribution in [-0.4, -0.2) is 50.9 Å². The van der Waals surface area contributed by atoms with Crippen LogP contribution in [0.15, 0.2) is 28.6 Å². The van der Waals surface area contributed by atoms with Crippen LogP contribution >= 0.6 is 34.4 Å². The van der Waals surface area contributed by atoms with Crippen molar-refractivity contribution in [3.63, 3.8) is 0 Å². The number of carbonyl (C=O) groups is 1. The number of rotatable bonds is 6. The predicted octanol–water partition coefficient (Wildman–Crippen LogP) is 4.22. The molecule has 1 amide bonds. The van der Waals surface area contributed by atoms with Gasteiger partial charge in [-0.05, 0) is 37.8 Å². The summed E-state index contributed by atoms with van der Waals surface area (Å²) < 4.78 is 2.08. The van der Waals surface area contributed by atoms with Crippen molar-refractivity contribution in [2.24, 2.45) is 0 Å². The molecule has 1 N–H and O–H groups in total. The molecule has 2 aliphatic rings. The number of nitrogens with one attached hydrogen (secondary N) is 1. The number of thiazole rings is 1. The number of nitrogens with zero attached hydrogens (tertiary/aromatic N) is 4. The number of hydrogen-bond acceptors (Lipinski definition) is 8. The Kier molecular flexibility index (Phi) is 5.21. The van der Waals surface area contributed by atoms with E-state index in [0.717, 1.165) is 45.9 Å². The Morgan fingerprint density at radius 2 is 2.11 bits per heavy atom. The maximum Gasteiger partial charge on any atom is 0.233 e. The maximum atomic E-state index is 12.7. The first-order valence-electron chi connectivity index (χ1n) is 9.61. The Bertz CT molecular complexity index is 950. The number of fused-ring (bicyclic) bond motifs is 1. The molecule has 0 radical (unpaired) electrons. The van der Waals surface area contributed by atoms with Gasteiger partial charge in [0, 0.05) is 25.0 Å². The van der Waals surface area contributed by atoms with E-state index in [4.69, 9.17) is 4.98 Å². The highest BCUT2D eigenvalue weighted by molar-refractivity contribution is 8.01. The Morgan fingerprint density at radius 1 is 1.21 bits per heavy atom. The molecular weight excluding hydrogens is 410 g/mol. The Morgan fingerprint density at radius 3 is 2.96 bits per heavy atom. The van der Waals surface area contributed by atoms with Gasteiger partial charge in [0.25, 0.3) is 0 Å². The second kappa shape index (κ2) is 7.96. The molecule has 1 saturated carbocycles. The summed E-state index contributed by atoms with van der Waals surface area (Å²) in [6, 6.07) is 8.83. The fourth-order valence-electron chi connectivity index (χ4n) is 3.41. The molecular formula is C19H21N5OS3. The van der Waals surface area contributed by atoms with E-state index in [9.17, 15) is 4.79 Å². The number of para-hydroxylation sites is 1. The normalized spacial score (nSPS) is 19.9. The fraction of sp³-hybridized carbons (Fsp3) is 0.474. The highest BCUT2D eigenvalue weighted by Gasteiger charge is 2.27. The Balaban J connectivity index is 1.18. The van der Waals surface area contributed by atoms with Crippen LogP contribution in [0.5, 0.6) is 0 Å². The quantitative estimate of drug-likeness (QED) is 0.589. The van der Waals surface area contributed by atoms with Crippen LogP contribution in [0.3, 0.4) is 0 Å². The molecule has 6 nitrogen and oxygen atoms in total. The molecule has 3 aromatic rings. The monoisotopic (exact) mass is 431 g/mol. The van der Waals surface area contributed by atoms with E-state index >= 15 is 0 Å². The SMILES string of the molecule is O=C(CSc1nnc(NC2CC2)s1)N1CCC[C@@H](c2nc3ccccc3s2)C1. The van der Waals surface area contributed by atoms with Crippen LogP contribution in [0.1, 0.15) is 36.6 Å². The van der Waals surface area contributed by atoms with Gasteiger partial charge in [-0.1, -0.05) is 35.2 Å². The van der Waals surface area contributed by atoms with Gasteiger partial charge in [0.05, 0.1) is 21.0 Å². The molecule has 5 rings (SSSR count). The third-order valence-electron chi connectivity index (χ3n) is 5.06. The number of carbonyl (C=O) groups excluding carboxylic acids is 1. The summed E-state index contributed by atoms with van der Waals surface area (Å²) in [7, 11) is 0. The summed E-state index contributed by atoms with van der Waals surface area (Å²) in [4.78, 5) is 19.5. The molecule has 1 aromatic carbocycles. The smallest absolute Gasteiger partial charge is 0.233 e. The lowest BCUT2D eigenvalue weighted by Crippen LogP contribution is -2.40. The molecule has 1 saturated heterocycles. The number of hydrogen-bond donors (Lipinski definition) is 1. The van der Waals surface area contributed by atoms with Crippen LogP contribution in [0.2, 0.25) is 0 Å². The standard InChI is InChI=1S/C19H21N5OS3/c25-16(11-26-19-23-22-18(28-19)20-13-7-8-13)24-9-3-4-12(10-24)17-21-14-5-1-2-6-15(14)27-17/h1-2,5-6,12-13H,3-4,7-11H2,(H,20,22)/t12-/m1/s1. The summed E-state index contributed by atoms with van der Waals surface area (Å²) in [5.41, 5.74) is 1.06. The zero-order valence-electron chi connectivity index (χ0n) is 15.3. The fourth-order valence-corrected chi connectivity index (χ4v) is 6.24. The molecule has 9 heteroatoms. The first-order chi connectivity index (χ1) is 13.7. The average molecular weight is 432 g/mol. The molecule has 28 heavy (non-hydrogen) atoms. The van der Waals surface area contributed by atoms with Crippen LogP contribution < -0.4 is 5.32 Å². The highest BCUT2D eigenvalue weighted by atomic mass is 32.2. The molecule has 2 aromatic heterocycles. The first kappa shape index (κ1) is 18.3. The molecule has 0 unspecified atom stereocenters. The summed E-state index contributed by atoms with van der Waals surface area (Å²) in [5, 5.41) is 13.7. The number of piperidine rings is 1. The molecule has 2 fully saturated rings. The molecule has 1 aliphatic heterocycles. The van der Waals surface area contributed by atoms with Gasteiger partial charge in [-0.3, -0.25) is 4.79 Å². The third kappa shape index (κ3) is 4.16. The lowest BCUT2D eigenvalue weighted by atomic mass is 9.99. The van der Waals surface area contributed by atoms with Gasteiger partial charge in [-0.15, -0.1) is 21.5 Å². The number of thioether (sulfide) groups is 1. The van der Waals surface area contributed by atoms with Crippen molar-refractivity contribution in [3.8, 4) is 0 Å². The average Bonchev–Trinajstić information content (AvgIpc) is 3.25. The minimum Gasteiger partial charge on any atom is -0.357 e. The van der Waals surface area contributed by atoms with E-state index in [0.29, 0.717) is 17.7 Å². The summed E-state index contributed by atoms with van der Waals surface area (Å²) in [6.07, 6.45) is 4.56. The van der Waals surface area contributed by atoms with E-state index in [1.165, 1.54) is 29.3 Å². The zero-order chi connectivity index (χ0) is 18.9. The summed E-state index contributed by atoms with van der Waals surface area (Å²) >= 11 is 4.79. The van der Waals surface area contributed by atoms with Crippen LogP contribution in [0.25, 0.3) is 10.2 Å². The Labute approximate surface area is 175 Å². The van der Waals surface area contributed by atoms with E-state index in [1.54, 1.807) is 22.7 Å². The van der Waals surface area contributed by atoms with E-state index in [2.05, 4.69) is 33.7 Å². The first-order valence-corrected chi connectivity index (χ1v) is 12.2. The van der Waals surface area contributed by atoms with E-state index in [1.807, 2.05) is 11.0 Å². The number of amides is 1. The molecule has 1 aliphatic carbocycles. The topological polar surface area (TPSA) is 71.0 Å². The molecule has 3 heterocycles. The summed E-state index contributed by atoms with van der Waals surface area (Å²) in [5.74, 6) is 0.948. The van der Waals surface area contributed by atoms with Crippen LogP contribution in [0.4, 0.5) is 5.13 Å². The highest BCUT2D eigenvalue weighted by Crippen LogP contribution is 2.34. The molecule has 0 bridgehead atoms. The zero-order valence-corrected chi connectivity index (χ0v) is 17.8. The van der Waals surface area contributed by atoms with Crippen molar-refractivity contribution in [1.82, 2.24) is 20.1 Å². The maximum absolute atomic E-state index is 12.7. The van der Waals surface area contributed by atoms with Gasteiger partial charge in [-0.2, -0.15) is 0 Å². The van der Waals surface area contributed by atoms with Crippen molar-refractivity contribution in [2.45, 2.75) is 42.0 Å². The Hall–Kier alpha value is -1.71. The number of aromatic nitrogens is 3. The molecule has 1 atom stereocenters.